The number of hydrogen-bond donors (Lipinski definition) is 1. The van der Waals surface area contributed by atoms with Gasteiger partial charge < -0.3 is 9.72 Å². The first-order valence-corrected chi connectivity index (χ1v) is 9.91. The maximum absolute atomic E-state index is 5.58. The highest BCUT2D eigenvalue weighted by molar-refractivity contribution is 5.84. The van der Waals surface area contributed by atoms with Crippen LogP contribution in [0.25, 0.3) is 10.9 Å². The van der Waals surface area contributed by atoms with Crippen LogP contribution in [-0.2, 0) is 17.7 Å². The average molecular weight is 362 g/mol. The number of nitrogens with zero attached hydrogens (tertiary/aromatic N) is 3. The molecule has 140 valence electrons. The maximum atomic E-state index is 5.58. The molecule has 1 aromatic carbocycles. The molecule has 0 saturated carbocycles. The fraction of sp³-hybridized carbons (Fsp3) is 0.409. The second-order valence-corrected chi connectivity index (χ2v) is 7.56. The van der Waals surface area contributed by atoms with E-state index in [2.05, 4.69) is 56.2 Å². The van der Waals surface area contributed by atoms with Crippen molar-refractivity contribution in [1.82, 2.24) is 19.8 Å². The van der Waals surface area contributed by atoms with Crippen LogP contribution in [-0.4, -0.2) is 59.2 Å². The van der Waals surface area contributed by atoms with Crippen LogP contribution in [0.3, 0.4) is 0 Å². The van der Waals surface area contributed by atoms with Crippen molar-refractivity contribution in [3.63, 3.8) is 0 Å². The van der Waals surface area contributed by atoms with E-state index in [-0.39, 0.29) is 0 Å². The lowest BCUT2D eigenvalue weighted by Gasteiger charge is -2.38. The first-order chi connectivity index (χ1) is 13.4. The van der Waals surface area contributed by atoms with Crippen LogP contribution in [0.1, 0.15) is 22.9 Å². The van der Waals surface area contributed by atoms with E-state index in [0.29, 0.717) is 6.04 Å². The molecule has 1 atom stereocenters. The van der Waals surface area contributed by atoms with Crippen molar-refractivity contribution in [2.45, 2.75) is 19.0 Å². The lowest BCUT2D eigenvalue weighted by atomic mass is 10.0. The Balaban J connectivity index is 1.40. The zero-order valence-corrected chi connectivity index (χ0v) is 15.6. The standard InChI is InChI=1S/C22H26N4O/c1-2-6-20-18(5-1)19-15-25(9-7-21(19)24-20)16-22(17-4-3-8-23-14-17)26-10-12-27-13-11-26/h1-6,8,14,22,24H,7,9-13,15-16H2. The molecule has 2 aliphatic rings. The number of hydrogen-bond acceptors (Lipinski definition) is 4. The Morgan fingerprint density at radius 1 is 1.07 bits per heavy atom. The van der Waals surface area contributed by atoms with Gasteiger partial charge in [0.15, 0.2) is 0 Å². The molecule has 5 heteroatoms. The van der Waals surface area contributed by atoms with Crippen molar-refractivity contribution >= 4 is 10.9 Å². The van der Waals surface area contributed by atoms with Crippen LogP contribution in [0.5, 0.6) is 0 Å². The normalized spacial score (nSPS) is 19.9. The second kappa shape index (κ2) is 7.43. The second-order valence-electron chi connectivity index (χ2n) is 7.56. The minimum atomic E-state index is 0.370. The number of benzene rings is 1. The number of morpholine rings is 1. The summed E-state index contributed by atoms with van der Waals surface area (Å²) in [5, 5.41) is 1.38. The fourth-order valence-electron chi connectivity index (χ4n) is 4.52. The van der Waals surface area contributed by atoms with E-state index in [0.717, 1.165) is 52.4 Å². The Morgan fingerprint density at radius 3 is 2.81 bits per heavy atom. The van der Waals surface area contributed by atoms with Gasteiger partial charge in [0, 0.05) is 74.2 Å². The number of aromatic amines is 1. The van der Waals surface area contributed by atoms with Gasteiger partial charge in [0.2, 0.25) is 0 Å². The number of nitrogens with one attached hydrogen (secondary N) is 1. The summed E-state index contributed by atoms with van der Waals surface area (Å²) in [5.74, 6) is 0. The van der Waals surface area contributed by atoms with Gasteiger partial charge in [0.1, 0.15) is 0 Å². The molecule has 1 unspecified atom stereocenters. The van der Waals surface area contributed by atoms with Crippen LogP contribution in [0, 0.1) is 0 Å². The lowest BCUT2D eigenvalue weighted by Crippen LogP contribution is -2.44. The number of rotatable bonds is 4. The quantitative estimate of drug-likeness (QED) is 0.775. The van der Waals surface area contributed by atoms with Gasteiger partial charge in [0.25, 0.3) is 0 Å². The zero-order valence-electron chi connectivity index (χ0n) is 15.6. The van der Waals surface area contributed by atoms with Crippen LogP contribution in [0.15, 0.2) is 48.8 Å². The van der Waals surface area contributed by atoms with Gasteiger partial charge in [-0.15, -0.1) is 0 Å². The molecular weight excluding hydrogens is 336 g/mol. The molecule has 1 N–H and O–H groups in total. The largest absolute Gasteiger partial charge is 0.379 e. The molecule has 4 heterocycles. The molecule has 3 aromatic rings. The Kier molecular flexibility index (Phi) is 4.66. The van der Waals surface area contributed by atoms with Gasteiger partial charge in [-0.25, -0.2) is 0 Å². The Hall–Kier alpha value is -2.21. The van der Waals surface area contributed by atoms with Crippen molar-refractivity contribution in [3.8, 4) is 0 Å². The summed E-state index contributed by atoms with van der Waals surface area (Å²) in [5.41, 5.74) is 5.46. The predicted octanol–water partition coefficient (Wildman–Crippen LogP) is 2.99. The van der Waals surface area contributed by atoms with E-state index in [4.69, 9.17) is 4.74 Å². The molecule has 5 rings (SSSR count). The van der Waals surface area contributed by atoms with Crippen molar-refractivity contribution in [2.75, 3.05) is 39.4 Å². The summed E-state index contributed by atoms with van der Waals surface area (Å²) in [6.07, 6.45) is 4.98. The summed E-state index contributed by atoms with van der Waals surface area (Å²) < 4.78 is 5.58. The molecule has 0 radical (unpaired) electrons. The van der Waals surface area contributed by atoms with E-state index in [9.17, 15) is 0 Å². The van der Waals surface area contributed by atoms with Gasteiger partial charge in [-0.3, -0.25) is 14.8 Å². The smallest absolute Gasteiger partial charge is 0.0594 e. The first kappa shape index (κ1) is 16.9. The number of pyridine rings is 1. The third-order valence-corrected chi connectivity index (χ3v) is 5.95. The van der Waals surface area contributed by atoms with Crippen molar-refractivity contribution in [2.24, 2.45) is 0 Å². The number of aromatic nitrogens is 2. The van der Waals surface area contributed by atoms with E-state index in [1.54, 1.807) is 0 Å². The van der Waals surface area contributed by atoms with Gasteiger partial charge in [-0.1, -0.05) is 24.3 Å². The molecule has 2 aromatic heterocycles. The van der Waals surface area contributed by atoms with Crippen LogP contribution in [0.4, 0.5) is 0 Å². The molecule has 1 fully saturated rings. The van der Waals surface area contributed by atoms with Crippen molar-refractivity contribution in [1.29, 1.82) is 0 Å². The van der Waals surface area contributed by atoms with Crippen LogP contribution in [0.2, 0.25) is 0 Å². The summed E-state index contributed by atoms with van der Waals surface area (Å²) in [6.45, 7) is 6.77. The van der Waals surface area contributed by atoms with Crippen LogP contribution >= 0.6 is 0 Å². The number of H-pyrrole nitrogens is 1. The van der Waals surface area contributed by atoms with Gasteiger partial charge in [-0.2, -0.15) is 0 Å². The molecule has 1 saturated heterocycles. The summed E-state index contributed by atoms with van der Waals surface area (Å²) in [7, 11) is 0. The Labute approximate surface area is 160 Å². The number of ether oxygens (including phenoxy) is 1. The highest BCUT2D eigenvalue weighted by Crippen LogP contribution is 2.30. The zero-order chi connectivity index (χ0) is 18.1. The molecule has 0 aliphatic carbocycles. The molecule has 27 heavy (non-hydrogen) atoms. The Bertz CT molecular complexity index is 901. The number of para-hydroxylation sites is 1. The molecule has 0 bridgehead atoms. The minimum absolute atomic E-state index is 0.370. The van der Waals surface area contributed by atoms with Crippen LogP contribution < -0.4 is 0 Å². The fourth-order valence-corrected chi connectivity index (χ4v) is 4.52. The van der Waals surface area contributed by atoms with Crippen molar-refractivity contribution < 1.29 is 4.74 Å². The summed E-state index contributed by atoms with van der Waals surface area (Å²) in [6, 6.07) is 13.3. The molecule has 0 amide bonds. The van der Waals surface area contributed by atoms with Gasteiger partial charge in [0.05, 0.1) is 13.2 Å². The molecule has 0 spiro atoms. The molecule has 5 nitrogen and oxygen atoms in total. The SMILES string of the molecule is c1cncc(C(CN2CCc3[nH]c4ccccc4c3C2)N2CCOCC2)c1. The molecular formula is C22H26N4O. The van der Waals surface area contributed by atoms with E-state index >= 15 is 0 Å². The highest BCUT2D eigenvalue weighted by atomic mass is 16.5. The highest BCUT2D eigenvalue weighted by Gasteiger charge is 2.28. The third-order valence-electron chi connectivity index (χ3n) is 5.95. The monoisotopic (exact) mass is 362 g/mol. The molecule has 2 aliphatic heterocycles. The summed E-state index contributed by atoms with van der Waals surface area (Å²) in [4.78, 5) is 13.2. The van der Waals surface area contributed by atoms with Gasteiger partial charge >= 0.3 is 0 Å². The first-order valence-electron chi connectivity index (χ1n) is 9.91. The number of fused-ring (bicyclic) bond motifs is 3. The topological polar surface area (TPSA) is 44.4 Å². The van der Waals surface area contributed by atoms with E-state index < -0.39 is 0 Å². The predicted molar refractivity (Wildman–Crippen MR) is 107 cm³/mol. The lowest BCUT2D eigenvalue weighted by molar-refractivity contribution is 0.00638. The van der Waals surface area contributed by atoms with E-state index in [1.165, 1.54) is 27.7 Å². The van der Waals surface area contributed by atoms with E-state index in [1.807, 2.05) is 12.4 Å². The van der Waals surface area contributed by atoms with Gasteiger partial charge in [-0.05, 0) is 23.3 Å². The minimum Gasteiger partial charge on any atom is -0.379 e. The maximum Gasteiger partial charge on any atom is 0.0594 e. The average Bonchev–Trinajstić information content (AvgIpc) is 3.11. The summed E-state index contributed by atoms with van der Waals surface area (Å²) >= 11 is 0. The Morgan fingerprint density at radius 2 is 1.96 bits per heavy atom. The van der Waals surface area contributed by atoms with Crippen molar-refractivity contribution in [3.05, 3.63) is 65.6 Å². The third kappa shape index (κ3) is 3.38.